The van der Waals surface area contributed by atoms with E-state index in [2.05, 4.69) is 10.3 Å². The van der Waals surface area contributed by atoms with E-state index in [0.29, 0.717) is 13.1 Å². The van der Waals surface area contributed by atoms with Crippen LogP contribution in [0.4, 0.5) is 4.39 Å². The van der Waals surface area contributed by atoms with Crippen molar-refractivity contribution < 1.29 is 9.18 Å². The minimum absolute atomic E-state index is 0. The average molecular weight is 453 g/mol. The maximum absolute atomic E-state index is 13.4. The molecular weight excluding hydrogens is 426 g/mol. The number of imidazole rings is 1. The molecule has 5 nitrogen and oxygen atoms in total. The van der Waals surface area contributed by atoms with Crippen LogP contribution >= 0.6 is 24.8 Å². The largest absolute Gasteiger partial charge is 0.347 e. The predicted molar refractivity (Wildman–Crippen MR) is 121 cm³/mol. The van der Waals surface area contributed by atoms with Crippen LogP contribution in [0.3, 0.4) is 0 Å². The number of hydrogen-bond acceptors (Lipinski definition) is 3. The monoisotopic (exact) mass is 452 g/mol. The first-order valence-electron chi connectivity index (χ1n) is 9.81. The topological polar surface area (TPSA) is 72.9 Å². The summed E-state index contributed by atoms with van der Waals surface area (Å²) >= 11 is 0. The van der Waals surface area contributed by atoms with Crippen molar-refractivity contribution in [3.05, 3.63) is 66.2 Å². The van der Waals surface area contributed by atoms with Crippen LogP contribution in [-0.2, 0) is 11.3 Å². The molecule has 0 radical (unpaired) electrons. The predicted octanol–water partition coefficient (Wildman–Crippen LogP) is 4.25. The first-order chi connectivity index (χ1) is 13.7. The molecule has 3 aromatic rings. The Morgan fingerprint density at radius 1 is 1.17 bits per heavy atom. The Morgan fingerprint density at radius 3 is 2.63 bits per heavy atom. The fourth-order valence-corrected chi connectivity index (χ4v) is 4.22. The number of hydrogen-bond donors (Lipinski definition) is 2. The lowest BCUT2D eigenvalue weighted by Gasteiger charge is -2.24. The van der Waals surface area contributed by atoms with E-state index in [1.165, 1.54) is 12.1 Å². The van der Waals surface area contributed by atoms with E-state index < -0.39 is 0 Å². The van der Waals surface area contributed by atoms with Crippen molar-refractivity contribution in [2.75, 3.05) is 6.54 Å². The van der Waals surface area contributed by atoms with Crippen LogP contribution in [0, 0.1) is 17.7 Å². The van der Waals surface area contributed by atoms with Crippen LogP contribution in [-0.4, -0.2) is 22.0 Å². The molecule has 3 N–H and O–H groups in total. The number of amides is 1. The Hall–Kier alpha value is -2.15. The number of para-hydroxylation sites is 2. The van der Waals surface area contributed by atoms with Gasteiger partial charge in [0.15, 0.2) is 0 Å². The van der Waals surface area contributed by atoms with Crippen LogP contribution in [0.5, 0.6) is 0 Å². The van der Waals surface area contributed by atoms with Gasteiger partial charge in [0.05, 0.1) is 23.4 Å². The van der Waals surface area contributed by atoms with Gasteiger partial charge in [-0.15, -0.1) is 24.8 Å². The Kier molecular flexibility index (Phi) is 8.65. The Morgan fingerprint density at radius 2 is 1.90 bits per heavy atom. The average Bonchev–Trinajstić information content (AvgIpc) is 3.35. The number of nitrogens with one attached hydrogen (secondary N) is 1. The van der Waals surface area contributed by atoms with Gasteiger partial charge in [-0.05, 0) is 55.1 Å². The number of aromatic nitrogens is 2. The van der Waals surface area contributed by atoms with Crippen LogP contribution in [0.15, 0.2) is 54.9 Å². The van der Waals surface area contributed by atoms with Gasteiger partial charge in [0.25, 0.3) is 0 Å². The molecule has 1 saturated carbocycles. The molecule has 1 aliphatic rings. The van der Waals surface area contributed by atoms with Crippen LogP contribution in [0.1, 0.15) is 30.9 Å². The highest BCUT2D eigenvalue weighted by Crippen LogP contribution is 2.32. The Labute approximate surface area is 188 Å². The van der Waals surface area contributed by atoms with E-state index >= 15 is 0 Å². The summed E-state index contributed by atoms with van der Waals surface area (Å²) in [4.78, 5) is 17.4. The lowest BCUT2D eigenvalue weighted by atomic mass is 9.94. The van der Waals surface area contributed by atoms with E-state index in [1.807, 2.05) is 28.8 Å². The summed E-state index contributed by atoms with van der Waals surface area (Å²) in [6.45, 7) is 1.06. The number of fused-ring (bicyclic) bond motifs is 1. The van der Waals surface area contributed by atoms with Crippen LogP contribution in [0.25, 0.3) is 11.0 Å². The maximum Gasteiger partial charge on any atom is 0.223 e. The molecule has 30 heavy (non-hydrogen) atoms. The van der Waals surface area contributed by atoms with Gasteiger partial charge in [-0.3, -0.25) is 4.79 Å². The summed E-state index contributed by atoms with van der Waals surface area (Å²) in [6.07, 6.45) is 4.69. The highest BCUT2D eigenvalue weighted by Gasteiger charge is 2.33. The summed E-state index contributed by atoms with van der Waals surface area (Å²) in [6, 6.07) is 13.9. The second-order valence-electron chi connectivity index (χ2n) is 7.53. The van der Waals surface area contributed by atoms with Crippen LogP contribution < -0.4 is 11.1 Å². The number of carbonyl (C=O) groups excluding carboxylic acids is 1. The standard InChI is InChI=1S/C22H25FN4O.2ClH/c23-17-10-8-15(9-11-17)20(26-22(28)18-5-3-4-16(18)12-24)13-27-14-25-19-6-1-2-7-21(19)27;;/h1-2,6-11,14,16,18,20H,3-5,12-13,24H2,(H,26,28);2*1H/t16-,18-,20?;;/m1../s1. The summed E-state index contributed by atoms with van der Waals surface area (Å²) in [5.74, 6) is -0.0667. The molecule has 0 bridgehead atoms. The quantitative estimate of drug-likeness (QED) is 0.586. The van der Waals surface area contributed by atoms with Gasteiger partial charge in [-0.25, -0.2) is 9.37 Å². The second-order valence-corrected chi connectivity index (χ2v) is 7.53. The van der Waals surface area contributed by atoms with Crippen molar-refractivity contribution in [2.45, 2.75) is 31.8 Å². The number of benzene rings is 2. The zero-order valence-corrected chi connectivity index (χ0v) is 18.2. The Balaban J connectivity index is 0.00000160. The van der Waals surface area contributed by atoms with E-state index in [9.17, 15) is 9.18 Å². The lowest BCUT2D eigenvalue weighted by Crippen LogP contribution is -2.38. The second kappa shape index (κ2) is 10.8. The summed E-state index contributed by atoms with van der Waals surface area (Å²) < 4.78 is 15.5. The molecule has 1 aliphatic carbocycles. The molecule has 0 spiro atoms. The molecule has 1 amide bonds. The van der Waals surface area contributed by atoms with Crippen molar-refractivity contribution >= 4 is 41.8 Å². The van der Waals surface area contributed by atoms with Crippen molar-refractivity contribution in [3.63, 3.8) is 0 Å². The molecular formula is C22H27Cl2FN4O. The fraction of sp³-hybridized carbons (Fsp3) is 0.364. The smallest absolute Gasteiger partial charge is 0.223 e. The highest BCUT2D eigenvalue weighted by atomic mass is 35.5. The van der Waals surface area contributed by atoms with Gasteiger partial charge >= 0.3 is 0 Å². The third-order valence-electron chi connectivity index (χ3n) is 5.79. The molecule has 2 aromatic carbocycles. The molecule has 4 rings (SSSR count). The van der Waals surface area contributed by atoms with Gasteiger partial charge in [-0.1, -0.05) is 30.7 Å². The van der Waals surface area contributed by atoms with E-state index in [4.69, 9.17) is 5.73 Å². The molecule has 1 fully saturated rings. The van der Waals surface area contributed by atoms with Crippen molar-refractivity contribution in [3.8, 4) is 0 Å². The lowest BCUT2D eigenvalue weighted by molar-refractivity contribution is -0.126. The summed E-state index contributed by atoms with van der Waals surface area (Å²) in [7, 11) is 0. The maximum atomic E-state index is 13.4. The molecule has 162 valence electrons. The van der Waals surface area contributed by atoms with E-state index in [-0.39, 0.29) is 54.4 Å². The zero-order valence-electron chi connectivity index (χ0n) is 16.5. The number of carbonyl (C=O) groups is 1. The zero-order chi connectivity index (χ0) is 19.5. The SMILES string of the molecule is Cl.Cl.NC[C@H]1CCC[C@H]1C(=O)NC(Cn1cnc2ccccc21)c1ccc(F)cc1. The van der Waals surface area contributed by atoms with Gasteiger partial charge in [0.2, 0.25) is 5.91 Å². The third kappa shape index (κ3) is 5.12. The normalized spacial score (nSPS) is 19.0. The van der Waals surface area contributed by atoms with Crippen molar-refractivity contribution in [1.82, 2.24) is 14.9 Å². The number of halogens is 3. The van der Waals surface area contributed by atoms with Crippen molar-refractivity contribution in [1.29, 1.82) is 0 Å². The molecule has 1 aromatic heterocycles. The van der Waals surface area contributed by atoms with E-state index in [1.54, 1.807) is 18.5 Å². The summed E-state index contributed by atoms with van der Waals surface area (Å²) in [5, 5.41) is 3.20. The first kappa shape index (κ1) is 24.1. The van der Waals surface area contributed by atoms with Gasteiger partial charge in [0, 0.05) is 12.5 Å². The molecule has 8 heteroatoms. The number of nitrogens with zero attached hydrogens (tertiary/aromatic N) is 2. The van der Waals surface area contributed by atoms with Gasteiger partial charge in [-0.2, -0.15) is 0 Å². The van der Waals surface area contributed by atoms with Gasteiger partial charge < -0.3 is 15.6 Å². The summed E-state index contributed by atoms with van der Waals surface area (Å²) in [5.41, 5.74) is 8.64. The molecule has 3 atom stereocenters. The first-order valence-corrected chi connectivity index (χ1v) is 9.81. The Bertz CT molecular complexity index is 963. The molecule has 1 unspecified atom stereocenters. The third-order valence-corrected chi connectivity index (χ3v) is 5.79. The minimum atomic E-state index is -0.291. The van der Waals surface area contributed by atoms with E-state index in [0.717, 1.165) is 35.9 Å². The highest BCUT2D eigenvalue weighted by molar-refractivity contribution is 5.85. The van der Waals surface area contributed by atoms with Gasteiger partial charge in [0.1, 0.15) is 5.82 Å². The fourth-order valence-electron chi connectivity index (χ4n) is 4.22. The van der Waals surface area contributed by atoms with Crippen LogP contribution in [0.2, 0.25) is 0 Å². The molecule has 1 heterocycles. The minimum Gasteiger partial charge on any atom is -0.347 e. The number of rotatable bonds is 6. The molecule has 0 saturated heterocycles. The molecule has 0 aliphatic heterocycles. The van der Waals surface area contributed by atoms with Crippen molar-refractivity contribution in [2.24, 2.45) is 17.6 Å². The number of nitrogens with two attached hydrogens (primary N) is 1.